The van der Waals surface area contributed by atoms with Crippen LogP contribution in [0.3, 0.4) is 0 Å². The molecule has 0 saturated carbocycles. The van der Waals surface area contributed by atoms with Crippen LogP contribution in [0.25, 0.3) is 10.9 Å². The molecule has 4 nitrogen and oxygen atoms in total. The molecule has 0 atom stereocenters. The fraction of sp³-hybridized carbons (Fsp3) is 0. The lowest BCUT2D eigenvalue weighted by molar-refractivity contribution is 0.824. The van der Waals surface area contributed by atoms with Gasteiger partial charge in [0.15, 0.2) is 0 Å². The topological polar surface area (TPSA) is 85.7 Å². The number of para-hydroxylation sites is 1. The number of rotatable bonds is 1. The monoisotopic (exact) mass is 177 g/mol. The summed E-state index contributed by atoms with van der Waals surface area (Å²) < 4.78 is 0. The number of hydrogen-bond donors (Lipinski definition) is 2. The van der Waals surface area contributed by atoms with Crippen LogP contribution in [-0.2, 0) is 0 Å². The maximum atomic E-state index is 5.07. The molecule has 1 aromatic carbocycles. The van der Waals surface area contributed by atoms with E-state index in [1.165, 1.54) is 0 Å². The van der Waals surface area contributed by atoms with Crippen molar-refractivity contribution in [3.8, 4) is 0 Å². The summed E-state index contributed by atoms with van der Waals surface area (Å²) in [4.78, 5) is 3.13. The zero-order valence-electron chi connectivity index (χ0n) is 6.99. The van der Waals surface area contributed by atoms with Crippen molar-refractivity contribution in [3.05, 3.63) is 36.0 Å². The first-order chi connectivity index (χ1) is 5.92. The van der Waals surface area contributed by atoms with Crippen LogP contribution < -0.4 is 5.84 Å². The predicted molar refractivity (Wildman–Crippen MR) is 53.7 cm³/mol. The van der Waals surface area contributed by atoms with Gasteiger partial charge in [-0.2, -0.15) is 5.10 Å². The number of aromatic amines is 1. The predicted octanol–water partition coefficient (Wildman–Crippen LogP) is 0.636. The Balaban J connectivity index is 0.000000845. The SMILES string of the molecule is NN=Cc1c[nH]c2ccccc12.O. The molecule has 1 aromatic heterocycles. The molecular weight excluding hydrogens is 166 g/mol. The lowest BCUT2D eigenvalue weighted by atomic mass is 10.2. The van der Waals surface area contributed by atoms with Gasteiger partial charge >= 0.3 is 0 Å². The number of hydrazone groups is 1. The molecule has 0 fully saturated rings. The number of aromatic nitrogens is 1. The normalized spacial score (nSPS) is 10.5. The Morgan fingerprint density at radius 1 is 1.31 bits per heavy atom. The van der Waals surface area contributed by atoms with Crippen molar-refractivity contribution in [3.63, 3.8) is 0 Å². The van der Waals surface area contributed by atoms with Gasteiger partial charge in [-0.1, -0.05) is 18.2 Å². The van der Waals surface area contributed by atoms with Gasteiger partial charge in [0.05, 0.1) is 6.21 Å². The molecule has 0 radical (unpaired) electrons. The standard InChI is InChI=1S/C9H9N3.H2O/c10-12-6-7-5-11-9-4-2-1-3-8(7)9;/h1-6,11H,10H2;1H2. The Morgan fingerprint density at radius 3 is 2.85 bits per heavy atom. The van der Waals surface area contributed by atoms with Crippen LogP contribution in [0.1, 0.15) is 5.56 Å². The molecule has 68 valence electrons. The zero-order chi connectivity index (χ0) is 8.39. The van der Waals surface area contributed by atoms with Crippen LogP contribution in [0, 0.1) is 0 Å². The van der Waals surface area contributed by atoms with Gasteiger partial charge in [-0.15, -0.1) is 0 Å². The molecule has 2 aromatic rings. The van der Waals surface area contributed by atoms with E-state index in [2.05, 4.69) is 10.1 Å². The summed E-state index contributed by atoms with van der Waals surface area (Å²) in [6.07, 6.45) is 3.53. The van der Waals surface area contributed by atoms with E-state index in [9.17, 15) is 0 Å². The largest absolute Gasteiger partial charge is 0.412 e. The fourth-order valence-corrected chi connectivity index (χ4v) is 1.28. The summed E-state index contributed by atoms with van der Waals surface area (Å²) in [5.74, 6) is 5.07. The summed E-state index contributed by atoms with van der Waals surface area (Å²) in [5.41, 5.74) is 2.13. The molecule has 0 bridgehead atoms. The van der Waals surface area contributed by atoms with Crippen LogP contribution in [0.4, 0.5) is 0 Å². The molecule has 0 spiro atoms. The quantitative estimate of drug-likeness (QED) is 0.373. The van der Waals surface area contributed by atoms with E-state index in [4.69, 9.17) is 5.84 Å². The number of nitrogens with zero attached hydrogens (tertiary/aromatic N) is 1. The van der Waals surface area contributed by atoms with Crippen LogP contribution in [0.5, 0.6) is 0 Å². The third kappa shape index (κ3) is 1.52. The van der Waals surface area contributed by atoms with Gasteiger partial charge in [0, 0.05) is 22.7 Å². The lowest BCUT2D eigenvalue weighted by Crippen LogP contribution is -1.83. The van der Waals surface area contributed by atoms with Gasteiger partial charge in [-0.05, 0) is 6.07 Å². The highest BCUT2D eigenvalue weighted by molar-refractivity contribution is 5.98. The molecule has 2 rings (SSSR count). The van der Waals surface area contributed by atoms with E-state index in [-0.39, 0.29) is 5.48 Å². The van der Waals surface area contributed by atoms with Crippen molar-refractivity contribution in [1.82, 2.24) is 4.98 Å². The van der Waals surface area contributed by atoms with Crippen molar-refractivity contribution in [2.24, 2.45) is 10.9 Å². The van der Waals surface area contributed by atoms with Crippen LogP contribution in [0.15, 0.2) is 35.6 Å². The first kappa shape index (κ1) is 9.28. The highest BCUT2D eigenvalue weighted by Crippen LogP contribution is 2.15. The Bertz CT molecular complexity index is 419. The summed E-state index contributed by atoms with van der Waals surface area (Å²) in [5, 5.41) is 4.63. The van der Waals surface area contributed by atoms with E-state index in [1.807, 2.05) is 30.5 Å². The molecule has 1 heterocycles. The maximum absolute atomic E-state index is 5.07. The average molecular weight is 177 g/mol. The third-order valence-electron chi connectivity index (χ3n) is 1.83. The lowest BCUT2D eigenvalue weighted by Gasteiger charge is -1.88. The number of nitrogens with two attached hydrogens (primary N) is 1. The summed E-state index contributed by atoms with van der Waals surface area (Å²) in [7, 11) is 0. The minimum absolute atomic E-state index is 0. The van der Waals surface area contributed by atoms with E-state index < -0.39 is 0 Å². The van der Waals surface area contributed by atoms with Crippen LogP contribution in [0.2, 0.25) is 0 Å². The van der Waals surface area contributed by atoms with E-state index in [0.29, 0.717) is 0 Å². The van der Waals surface area contributed by atoms with E-state index in [0.717, 1.165) is 16.5 Å². The molecule has 4 heteroatoms. The molecular formula is C9H11N3O. The number of H-pyrrole nitrogens is 1. The van der Waals surface area contributed by atoms with Gasteiger partial charge in [0.25, 0.3) is 0 Å². The fourth-order valence-electron chi connectivity index (χ4n) is 1.28. The Kier molecular flexibility index (Phi) is 2.66. The molecule has 0 unspecified atom stereocenters. The number of hydrogen-bond acceptors (Lipinski definition) is 2. The van der Waals surface area contributed by atoms with E-state index in [1.54, 1.807) is 6.21 Å². The van der Waals surface area contributed by atoms with Crippen molar-refractivity contribution in [1.29, 1.82) is 0 Å². The average Bonchev–Trinajstić information content (AvgIpc) is 2.50. The Labute approximate surface area is 75.4 Å². The number of benzene rings is 1. The van der Waals surface area contributed by atoms with Crippen molar-refractivity contribution >= 4 is 17.1 Å². The van der Waals surface area contributed by atoms with Crippen molar-refractivity contribution in [2.75, 3.05) is 0 Å². The van der Waals surface area contributed by atoms with Crippen molar-refractivity contribution < 1.29 is 5.48 Å². The second kappa shape index (κ2) is 3.73. The zero-order valence-corrected chi connectivity index (χ0v) is 6.99. The second-order valence-corrected chi connectivity index (χ2v) is 2.57. The first-order valence-electron chi connectivity index (χ1n) is 3.71. The summed E-state index contributed by atoms with van der Waals surface area (Å²) in [6, 6.07) is 8.03. The van der Waals surface area contributed by atoms with Gasteiger partial charge in [-0.3, -0.25) is 0 Å². The third-order valence-corrected chi connectivity index (χ3v) is 1.83. The number of fused-ring (bicyclic) bond motifs is 1. The molecule has 0 aliphatic rings. The Morgan fingerprint density at radius 2 is 2.08 bits per heavy atom. The minimum Gasteiger partial charge on any atom is -0.412 e. The Hall–Kier alpha value is -1.81. The van der Waals surface area contributed by atoms with Gasteiger partial charge in [0.1, 0.15) is 0 Å². The molecule has 0 aliphatic heterocycles. The molecule has 5 N–H and O–H groups in total. The van der Waals surface area contributed by atoms with Crippen LogP contribution >= 0.6 is 0 Å². The van der Waals surface area contributed by atoms with E-state index >= 15 is 0 Å². The maximum Gasteiger partial charge on any atom is 0.0559 e. The molecule has 0 aliphatic carbocycles. The second-order valence-electron chi connectivity index (χ2n) is 2.57. The van der Waals surface area contributed by atoms with Gasteiger partial charge in [0.2, 0.25) is 0 Å². The molecule has 0 amide bonds. The van der Waals surface area contributed by atoms with Crippen molar-refractivity contribution in [2.45, 2.75) is 0 Å². The highest BCUT2D eigenvalue weighted by atomic mass is 16.0. The molecule has 13 heavy (non-hydrogen) atoms. The minimum atomic E-state index is 0. The first-order valence-corrected chi connectivity index (χ1v) is 3.71. The van der Waals surface area contributed by atoms with Crippen LogP contribution in [-0.4, -0.2) is 16.7 Å². The highest BCUT2D eigenvalue weighted by Gasteiger charge is 1.98. The van der Waals surface area contributed by atoms with Gasteiger partial charge < -0.3 is 16.3 Å². The van der Waals surface area contributed by atoms with Gasteiger partial charge in [-0.25, -0.2) is 0 Å². The summed E-state index contributed by atoms with van der Waals surface area (Å²) in [6.45, 7) is 0. The number of nitrogens with one attached hydrogen (secondary N) is 1. The smallest absolute Gasteiger partial charge is 0.0559 e. The summed E-state index contributed by atoms with van der Waals surface area (Å²) >= 11 is 0. The molecule has 0 saturated heterocycles.